The van der Waals surface area contributed by atoms with Gasteiger partial charge in [-0.1, -0.05) is 170 Å². The second-order valence-electron chi connectivity index (χ2n) is 18.5. The zero-order valence-electron chi connectivity index (χ0n) is 34.7. The molecule has 5 aliphatic carbocycles. The molecule has 1 aromatic heterocycles. The monoisotopic (exact) mass is 794 g/mol. The molecule has 2 heteroatoms. The number of fused-ring (bicyclic) bond motifs is 4. The molecular formula is C60H46N2. The van der Waals surface area contributed by atoms with Gasteiger partial charge in [0.15, 0.2) is 5.82 Å². The summed E-state index contributed by atoms with van der Waals surface area (Å²) in [7, 11) is 0. The van der Waals surface area contributed by atoms with Gasteiger partial charge >= 0.3 is 0 Å². The highest BCUT2D eigenvalue weighted by Crippen LogP contribution is 2.70. The van der Waals surface area contributed by atoms with E-state index in [0.717, 1.165) is 63.1 Å². The fourth-order valence-corrected chi connectivity index (χ4v) is 12.9. The van der Waals surface area contributed by atoms with E-state index in [4.69, 9.17) is 9.97 Å². The predicted molar refractivity (Wildman–Crippen MR) is 255 cm³/mol. The van der Waals surface area contributed by atoms with Gasteiger partial charge in [-0.15, -0.1) is 0 Å². The van der Waals surface area contributed by atoms with E-state index < -0.39 is 0 Å². The molecule has 1 heterocycles. The van der Waals surface area contributed by atoms with Crippen molar-refractivity contribution in [3.8, 4) is 78.4 Å². The number of benzene rings is 8. The summed E-state index contributed by atoms with van der Waals surface area (Å²) in [5, 5.41) is 2.72. The molecule has 62 heavy (non-hydrogen) atoms. The summed E-state index contributed by atoms with van der Waals surface area (Å²) in [5.41, 5.74) is 18.6. The van der Waals surface area contributed by atoms with Gasteiger partial charge in [-0.25, -0.2) is 9.97 Å². The Kier molecular flexibility index (Phi) is 8.13. The van der Waals surface area contributed by atoms with Crippen LogP contribution in [0.25, 0.3) is 89.2 Å². The fraction of sp³-hybridized carbons (Fsp3) is 0.167. The van der Waals surface area contributed by atoms with Crippen LogP contribution in [0.3, 0.4) is 0 Å². The van der Waals surface area contributed by atoms with E-state index in [2.05, 4.69) is 188 Å². The molecule has 0 saturated heterocycles. The SMILES string of the molecule is c1ccc(-c2cccc(-c3cc(-c4ccccc4-c4ccc(-c5cccc6c5-c5cc7ccccc7cc5C65C6CC7CC(C6)CC5C7)cc4)nc(-c4ccccc4)n3)c2)cc1. The maximum Gasteiger partial charge on any atom is 0.160 e. The van der Waals surface area contributed by atoms with Crippen LogP contribution in [0.2, 0.25) is 0 Å². The Morgan fingerprint density at radius 3 is 1.61 bits per heavy atom. The third-order valence-corrected chi connectivity index (χ3v) is 15.3. The first-order valence-corrected chi connectivity index (χ1v) is 22.6. The van der Waals surface area contributed by atoms with E-state index in [0.29, 0.717) is 0 Å². The minimum Gasteiger partial charge on any atom is -0.228 e. The van der Waals surface area contributed by atoms with Gasteiger partial charge < -0.3 is 0 Å². The molecule has 4 bridgehead atoms. The minimum atomic E-state index is 0.120. The molecule has 1 spiro atoms. The van der Waals surface area contributed by atoms with Crippen molar-refractivity contribution in [3.63, 3.8) is 0 Å². The van der Waals surface area contributed by atoms with Crippen LogP contribution in [0.4, 0.5) is 0 Å². The summed E-state index contributed by atoms with van der Waals surface area (Å²) >= 11 is 0. The van der Waals surface area contributed by atoms with E-state index in [1.54, 1.807) is 11.1 Å². The average molecular weight is 795 g/mol. The number of hydrogen-bond donors (Lipinski definition) is 0. The second-order valence-corrected chi connectivity index (χ2v) is 18.5. The summed E-state index contributed by atoms with van der Waals surface area (Å²) in [4.78, 5) is 10.5. The van der Waals surface area contributed by atoms with Crippen LogP contribution < -0.4 is 0 Å². The molecule has 0 atom stereocenters. The van der Waals surface area contributed by atoms with Crippen molar-refractivity contribution in [2.75, 3.05) is 0 Å². The summed E-state index contributed by atoms with van der Waals surface area (Å²) < 4.78 is 0. The molecule has 0 unspecified atom stereocenters. The van der Waals surface area contributed by atoms with E-state index >= 15 is 0 Å². The molecule has 0 N–H and O–H groups in total. The molecule has 0 aliphatic heterocycles. The van der Waals surface area contributed by atoms with Crippen molar-refractivity contribution in [2.24, 2.45) is 23.7 Å². The van der Waals surface area contributed by atoms with Gasteiger partial charge in [-0.2, -0.15) is 0 Å². The lowest BCUT2D eigenvalue weighted by atomic mass is 9.43. The van der Waals surface area contributed by atoms with Gasteiger partial charge in [0.2, 0.25) is 0 Å². The van der Waals surface area contributed by atoms with Gasteiger partial charge in [0.05, 0.1) is 11.4 Å². The molecular weight excluding hydrogens is 749 g/mol. The third kappa shape index (κ3) is 5.55. The lowest BCUT2D eigenvalue weighted by Crippen LogP contribution is -2.55. The molecule has 4 fully saturated rings. The average Bonchev–Trinajstić information content (AvgIpc) is 3.62. The Morgan fingerprint density at radius 1 is 0.339 bits per heavy atom. The highest BCUT2D eigenvalue weighted by atomic mass is 14.9. The van der Waals surface area contributed by atoms with Crippen molar-refractivity contribution < 1.29 is 0 Å². The largest absolute Gasteiger partial charge is 0.228 e. The molecule has 296 valence electrons. The van der Waals surface area contributed by atoms with Crippen molar-refractivity contribution >= 4 is 10.8 Å². The van der Waals surface area contributed by atoms with E-state index in [9.17, 15) is 0 Å². The quantitative estimate of drug-likeness (QED) is 0.168. The number of aromatic nitrogens is 2. The number of hydrogen-bond acceptors (Lipinski definition) is 2. The summed E-state index contributed by atoms with van der Waals surface area (Å²) in [6, 6.07) is 71.3. The first-order chi connectivity index (χ1) is 30.7. The molecule has 0 radical (unpaired) electrons. The molecule has 8 aromatic carbocycles. The first-order valence-electron chi connectivity index (χ1n) is 22.6. The van der Waals surface area contributed by atoms with Gasteiger partial charge in [0, 0.05) is 22.1 Å². The highest BCUT2D eigenvalue weighted by molar-refractivity contribution is 5.99. The number of nitrogens with zero attached hydrogens (tertiary/aromatic N) is 2. The second kappa shape index (κ2) is 14.1. The van der Waals surface area contributed by atoms with Crippen molar-refractivity contribution in [1.29, 1.82) is 0 Å². The van der Waals surface area contributed by atoms with Gasteiger partial charge in [-0.05, 0) is 146 Å². The third-order valence-electron chi connectivity index (χ3n) is 15.3. The van der Waals surface area contributed by atoms with Crippen LogP contribution >= 0.6 is 0 Å². The summed E-state index contributed by atoms with van der Waals surface area (Å²) in [6.07, 6.45) is 7.01. The van der Waals surface area contributed by atoms with E-state index in [1.165, 1.54) is 81.8 Å². The lowest BCUT2D eigenvalue weighted by molar-refractivity contribution is -0.0398. The summed E-state index contributed by atoms with van der Waals surface area (Å²) in [6.45, 7) is 0. The smallest absolute Gasteiger partial charge is 0.160 e. The Balaban J connectivity index is 0.922. The highest BCUT2D eigenvalue weighted by Gasteiger charge is 2.61. The molecule has 5 aliphatic rings. The Hall–Kier alpha value is -6.90. The maximum atomic E-state index is 5.28. The zero-order chi connectivity index (χ0) is 40.8. The molecule has 14 rings (SSSR count). The van der Waals surface area contributed by atoms with E-state index in [-0.39, 0.29) is 5.41 Å². The lowest BCUT2D eigenvalue weighted by Gasteiger charge is -2.61. The summed E-state index contributed by atoms with van der Waals surface area (Å²) in [5.74, 6) is 4.01. The first kappa shape index (κ1) is 35.8. The number of rotatable bonds is 6. The van der Waals surface area contributed by atoms with Gasteiger partial charge in [0.25, 0.3) is 0 Å². The molecule has 0 amide bonds. The zero-order valence-corrected chi connectivity index (χ0v) is 34.7. The molecule has 9 aromatic rings. The standard InChI is InChI=1S/C60H46N2/c1-3-13-40(14-4-1)44-19-11-20-47(34-44)56-37-57(62-59(61-56)43-15-5-2-6-16-43)52-22-10-9-21-50(52)41-25-27-42(28-26-41)51-23-12-24-54-58(51)53-35-45-17-7-8-18-46(45)36-55(53)60(54)48-30-38-29-39(32-48)33-49(60)31-38/h1-28,34-39,48-49H,29-33H2. The van der Waals surface area contributed by atoms with Crippen LogP contribution in [-0.4, -0.2) is 9.97 Å². The van der Waals surface area contributed by atoms with Crippen molar-refractivity contribution in [2.45, 2.75) is 37.5 Å². The van der Waals surface area contributed by atoms with Gasteiger partial charge in [-0.3, -0.25) is 0 Å². The molecule has 4 saturated carbocycles. The Bertz CT molecular complexity index is 3150. The van der Waals surface area contributed by atoms with Crippen LogP contribution in [0.15, 0.2) is 194 Å². The predicted octanol–water partition coefficient (Wildman–Crippen LogP) is 15.4. The van der Waals surface area contributed by atoms with Crippen LogP contribution in [0.5, 0.6) is 0 Å². The Labute approximate surface area is 364 Å². The van der Waals surface area contributed by atoms with E-state index in [1.807, 2.05) is 6.07 Å². The van der Waals surface area contributed by atoms with Crippen molar-refractivity contribution in [1.82, 2.24) is 9.97 Å². The fourth-order valence-electron chi connectivity index (χ4n) is 12.9. The Morgan fingerprint density at radius 2 is 0.887 bits per heavy atom. The van der Waals surface area contributed by atoms with Crippen LogP contribution in [0, 0.1) is 23.7 Å². The maximum absolute atomic E-state index is 5.28. The van der Waals surface area contributed by atoms with Crippen molar-refractivity contribution in [3.05, 3.63) is 205 Å². The van der Waals surface area contributed by atoms with Gasteiger partial charge in [0.1, 0.15) is 0 Å². The minimum absolute atomic E-state index is 0.120. The van der Waals surface area contributed by atoms with Crippen LogP contribution in [-0.2, 0) is 5.41 Å². The normalized spacial score (nSPS) is 21.6. The topological polar surface area (TPSA) is 25.8 Å². The van der Waals surface area contributed by atoms with Crippen LogP contribution in [0.1, 0.15) is 43.2 Å². The molecule has 2 nitrogen and oxygen atoms in total.